The van der Waals surface area contributed by atoms with E-state index in [4.69, 9.17) is 4.74 Å². The smallest absolute Gasteiger partial charge is 0.146 e. The van der Waals surface area contributed by atoms with Crippen LogP contribution in [0, 0.1) is 12.7 Å². The maximum absolute atomic E-state index is 13.5. The summed E-state index contributed by atoms with van der Waals surface area (Å²) in [5, 5.41) is 3.26. The van der Waals surface area contributed by atoms with E-state index in [1.165, 1.54) is 6.07 Å². The molecule has 0 spiro atoms. The SMILES string of the molecule is Cc1cccc(F)c1NC1CCOCC1. The molecule has 0 aliphatic carbocycles. The molecule has 15 heavy (non-hydrogen) atoms. The minimum atomic E-state index is -0.165. The molecule has 0 radical (unpaired) electrons. The standard InChI is InChI=1S/C12H16FNO/c1-9-3-2-4-11(13)12(9)14-10-5-7-15-8-6-10/h2-4,10,14H,5-8H2,1H3. The molecule has 0 bridgehead atoms. The molecule has 2 rings (SSSR count). The van der Waals surface area contributed by atoms with E-state index in [0.29, 0.717) is 11.7 Å². The van der Waals surface area contributed by atoms with Crippen LogP contribution in [0.2, 0.25) is 0 Å². The third-order valence-electron chi connectivity index (χ3n) is 2.79. The van der Waals surface area contributed by atoms with Crippen molar-refractivity contribution >= 4 is 5.69 Å². The summed E-state index contributed by atoms with van der Waals surface area (Å²) >= 11 is 0. The first-order valence-electron chi connectivity index (χ1n) is 5.37. The highest BCUT2D eigenvalue weighted by molar-refractivity contribution is 5.52. The molecular formula is C12H16FNO. The number of nitrogens with one attached hydrogen (secondary N) is 1. The Labute approximate surface area is 89.4 Å². The van der Waals surface area contributed by atoms with Gasteiger partial charge >= 0.3 is 0 Å². The van der Waals surface area contributed by atoms with E-state index in [0.717, 1.165) is 31.6 Å². The van der Waals surface area contributed by atoms with Gasteiger partial charge in [0.1, 0.15) is 5.82 Å². The van der Waals surface area contributed by atoms with Crippen molar-refractivity contribution in [3.8, 4) is 0 Å². The highest BCUT2D eigenvalue weighted by atomic mass is 19.1. The lowest BCUT2D eigenvalue weighted by Crippen LogP contribution is -2.28. The minimum Gasteiger partial charge on any atom is -0.381 e. The summed E-state index contributed by atoms with van der Waals surface area (Å²) in [6.07, 6.45) is 1.90. The molecule has 1 aliphatic heterocycles. The lowest BCUT2D eigenvalue weighted by atomic mass is 10.1. The molecule has 1 N–H and O–H groups in total. The second-order valence-electron chi connectivity index (χ2n) is 3.96. The van der Waals surface area contributed by atoms with Crippen LogP contribution in [-0.4, -0.2) is 19.3 Å². The van der Waals surface area contributed by atoms with E-state index in [1.54, 1.807) is 6.07 Å². The number of anilines is 1. The second kappa shape index (κ2) is 4.62. The number of hydrogen-bond acceptors (Lipinski definition) is 2. The molecule has 1 aromatic rings. The van der Waals surface area contributed by atoms with E-state index in [-0.39, 0.29) is 5.82 Å². The molecule has 0 atom stereocenters. The van der Waals surface area contributed by atoms with Gasteiger partial charge in [-0.1, -0.05) is 12.1 Å². The first kappa shape index (κ1) is 10.4. The van der Waals surface area contributed by atoms with Crippen molar-refractivity contribution in [3.05, 3.63) is 29.6 Å². The molecule has 1 aliphatic rings. The van der Waals surface area contributed by atoms with E-state index >= 15 is 0 Å². The zero-order valence-electron chi connectivity index (χ0n) is 8.92. The van der Waals surface area contributed by atoms with Crippen LogP contribution in [-0.2, 0) is 4.74 Å². The molecule has 2 nitrogen and oxygen atoms in total. The van der Waals surface area contributed by atoms with Crippen molar-refractivity contribution in [1.29, 1.82) is 0 Å². The van der Waals surface area contributed by atoms with Gasteiger partial charge in [0.25, 0.3) is 0 Å². The molecule has 0 saturated carbocycles. The summed E-state index contributed by atoms with van der Waals surface area (Å²) in [5.74, 6) is -0.165. The van der Waals surface area contributed by atoms with E-state index in [2.05, 4.69) is 5.32 Å². The van der Waals surface area contributed by atoms with Crippen LogP contribution in [0.4, 0.5) is 10.1 Å². The van der Waals surface area contributed by atoms with Gasteiger partial charge in [-0.3, -0.25) is 0 Å². The lowest BCUT2D eigenvalue weighted by Gasteiger charge is -2.25. The van der Waals surface area contributed by atoms with Gasteiger partial charge in [0.15, 0.2) is 0 Å². The third-order valence-corrected chi connectivity index (χ3v) is 2.79. The Morgan fingerprint density at radius 2 is 2.07 bits per heavy atom. The average Bonchev–Trinajstić information content (AvgIpc) is 2.25. The van der Waals surface area contributed by atoms with Crippen LogP contribution in [0.25, 0.3) is 0 Å². The number of ether oxygens (including phenoxy) is 1. The fourth-order valence-electron chi connectivity index (χ4n) is 1.86. The molecule has 3 heteroatoms. The quantitative estimate of drug-likeness (QED) is 0.808. The summed E-state index contributed by atoms with van der Waals surface area (Å²) in [4.78, 5) is 0. The Bertz CT molecular complexity index is 314. The van der Waals surface area contributed by atoms with Crippen molar-refractivity contribution in [2.45, 2.75) is 25.8 Å². The van der Waals surface area contributed by atoms with Crippen molar-refractivity contribution in [1.82, 2.24) is 0 Å². The molecule has 0 amide bonds. The normalized spacial score (nSPS) is 17.7. The number of halogens is 1. The van der Waals surface area contributed by atoms with Gasteiger partial charge in [-0.2, -0.15) is 0 Å². The first-order valence-corrected chi connectivity index (χ1v) is 5.37. The third kappa shape index (κ3) is 2.48. The summed E-state index contributed by atoms with van der Waals surface area (Å²) < 4.78 is 18.8. The highest BCUT2D eigenvalue weighted by Gasteiger charge is 2.15. The summed E-state index contributed by atoms with van der Waals surface area (Å²) in [6, 6.07) is 5.49. The molecule has 82 valence electrons. The number of aryl methyl sites for hydroxylation is 1. The summed E-state index contributed by atoms with van der Waals surface area (Å²) in [5.41, 5.74) is 1.60. The topological polar surface area (TPSA) is 21.3 Å². The molecule has 1 fully saturated rings. The van der Waals surface area contributed by atoms with Crippen LogP contribution in [0.1, 0.15) is 18.4 Å². The second-order valence-corrected chi connectivity index (χ2v) is 3.96. The minimum absolute atomic E-state index is 0.165. The number of rotatable bonds is 2. The number of para-hydroxylation sites is 1. The van der Waals surface area contributed by atoms with Gasteiger partial charge in [-0.05, 0) is 31.4 Å². The van der Waals surface area contributed by atoms with E-state index in [9.17, 15) is 4.39 Å². The first-order chi connectivity index (χ1) is 7.27. The lowest BCUT2D eigenvalue weighted by molar-refractivity contribution is 0.0904. The molecule has 0 unspecified atom stereocenters. The predicted octanol–water partition coefficient (Wildman–Crippen LogP) is 2.73. The zero-order valence-corrected chi connectivity index (χ0v) is 8.92. The highest BCUT2D eigenvalue weighted by Crippen LogP contribution is 2.22. The van der Waals surface area contributed by atoms with Crippen LogP contribution in [0.5, 0.6) is 0 Å². The van der Waals surface area contributed by atoms with Crippen LogP contribution in [0.3, 0.4) is 0 Å². The maximum Gasteiger partial charge on any atom is 0.146 e. The molecule has 1 heterocycles. The Morgan fingerprint density at radius 3 is 2.73 bits per heavy atom. The van der Waals surface area contributed by atoms with Crippen molar-refractivity contribution in [2.24, 2.45) is 0 Å². The average molecular weight is 209 g/mol. The number of benzene rings is 1. The van der Waals surface area contributed by atoms with Crippen LogP contribution < -0.4 is 5.32 Å². The molecule has 1 saturated heterocycles. The Morgan fingerprint density at radius 1 is 1.33 bits per heavy atom. The van der Waals surface area contributed by atoms with Gasteiger partial charge in [0, 0.05) is 19.3 Å². The Hall–Kier alpha value is -1.09. The van der Waals surface area contributed by atoms with Gasteiger partial charge in [0.05, 0.1) is 5.69 Å². The monoisotopic (exact) mass is 209 g/mol. The predicted molar refractivity (Wildman–Crippen MR) is 58.6 cm³/mol. The van der Waals surface area contributed by atoms with E-state index < -0.39 is 0 Å². The van der Waals surface area contributed by atoms with Crippen molar-refractivity contribution in [3.63, 3.8) is 0 Å². The summed E-state index contributed by atoms with van der Waals surface area (Å²) in [6.45, 7) is 3.46. The number of hydrogen-bond donors (Lipinski definition) is 1. The summed E-state index contributed by atoms with van der Waals surface area (Å²) in [7, 11) is 0. The Kier molecular flexibility index (Phi) is 3.21. The largest absolute Gasteiger partial charge is 0.381 e. The van der Waals surface area contributed by atoms with Crippen molar-refractivity contribution in [2.75, 3.05) is 18.5 Å². The molecule has 0 aromatic heterocycles. The van der Waals surface area contributed by atoms with Gasteiger partial charge in [-0.25, -0.2) is 4.39 Å². The maximum atomic E-state index is 13.5. The van der Waals surface area contributed by atoms with Gasteiger partial charge < -0.3 is 10.1 Å². The van der Waals surface area contributed by atoms with Gasteiger partial charge in [-0.15, -0.1) is 0 Å². The Balaban J connectivity index is 2.09. The van der Waals surface area contributed by atoms with Crippen LogP contribution >= 0.6 is 0 Å². The fourth-order valence-corrected chi connectivity index (χ4v) is 1.86. The van der Waals surface area contributed by atoms with E-state index in [1.807, 2.05) is 13.0 Å². The fraction of sp³-hybridized carbons (Fsp3) is 0.500. The molecular weight excluding hydrogens is 193 g/mol. The van der Waals surface area contributed by atoms with Crippen LogP contribution in [0.15, 0.2) is 18.2 Å². The molecule has 1 aromatic carbocycles. The zero-order chi connectivity index (χ0) is 10.7. The van der Waals surface area contributed by atoms with Gasteiger partial charge in [0.2, 0.25) is 0 Å². The van der Waals surface area contributed by atoms with Crippen molar-refractivity contribution < 1.29 is 9.13 Å².